The summed E-state index contributed by atoms with van der Waals surface area (Å²) in [6.45, 7) is 7.86. The SMILES string of the molecule is CCC1C=CC(C#Cc2cccc(F)c2)=CC=C1C(=O)NC(C)C(C)(C)OC. The van der Waals surface area contributed by atoms with E-state index in [1.807, 2.05) is 52.0 Å². The number of nitrogens with one attached hydrogen (secondary N) is 1. The number of carbonyl (C=O) groups excluding carboxylic acids is 1. The van der Waals surface area contributed by atoms with Gasteiger partial charge in [-0.05, 0) is 57.5 Å². The number of benzene rings is 1. The summed E-state index contributed by atoms with van der Waals surface area (Å²) < 4.78 is 18.7. The summed E-state index contributed by atoms with van der Waals surface area (Å²) in [5, 5.41) is 3.04. The van der Waals surface area contributed by atoms with Crippen LogP contribution in [-0.2, 0) is 9.53 Å². The van der Waals surface area contributed by atoms with Gasteiger partial charge in [-0.25, -0.2) is 4.39 Å². The molecule has 2 rings (SSSR count). The summed E-state index contributed by atoms with van der Waals surface area (Å²) in [4.78, 5) is 12.8. The first kappa shape index (κ1) is 21.7. The van der Waals surface area contributed by atoms with Crippen LogP contribution in [0, 0.1) is 23.6 Å². The highest BCUT2D eigenvalue weighted by molar-refractivity contribution is 5.95. The molecule has 0 aliphatic heterocycles. The Morgan fingerprint density at radius 2 is 2.07 bits per heavy atom. The molecule has 0 radical (unpaired) electrons. The first-order valence-corrected chi connectivity index (χ1v) is 9.50. The van der Waals surface area contributed by atoms with E-state index < -0.39 is 5.60 Å². The number of ether oxygens (including phenoxy) is 1. The van der Waals surface area contributed by atoms with Crippen molar-refractivity contribution >= 4 is 5.91 Å². The largest absolute Gasteiger partial charge is 0.377 e. The fraction of sp³-hybridized carbons (Fsp3) is 0.375. The molecule has 0 heterocycles. The van der Waals surface area contributed by atoms with Gasteiger partial charge in [0.05, 0.1) is 11.6 Å². The molecule has 1 N–H and O–H groups in total. The molecule has 0 bridgehead atoms. The van der Waals surface area contributed by atoms with Crippen molar-refractivity contribution in [3.8, 4) is 11.8 Å². The van der Waals surface area contributed by atoms with Crippen molar-refractivity contribution < 1.29 is 13.9 Å². The number of hydrogen-bond acceptors (Lipinski definition) is 2. The molecule has 0 saturated heterocycles. The van der Waals surface area contributed by atoms with Gasteiger partial charge in [0.2, 0.25) is 5.91 Å². The van der Waals surface area contributed by atoms with Crippen molar-refractivity contribution in [2.24, 2.45) is 5.92 Å². The smallest absolute Gasteiger partial charge is 0.248 e. The second-order valence-electron chi connectivity index (χ2n) is 7.38. The van der Waals surface area contributed by atoms with E-state index in [0.717, 1.165) is 12.0 Å². The average molecular weight is 381 g/mol. The van der Waals surface area contributed by atoms with Gasteiger partial charge in [-0.2, -0.15) is 0 Å². The second kappa shape index (κ2) is 9.52. The monoisotopic (exact) mass is 381 g/mol. The third-order valence-electron chi connectivity index (χ3n) is 5.14. The lowest BCUT2D eigenvalue weighted by Crippen LogP contribution is -2.49. The Kier molecular flexibility index (Phi) is 7.37. The van der Waals surface area contributed by atoms with Gasteiger partial charge in [0.25, 0.3) is 0 Å². The molecule has 1 aromatic carbocycles. The Morgan fingerprint density at radius 3 is 2.71 bits per heavy atom. The van der Waals surface area contributed by atoms with Gasteiger partial charge in [-0.15, -0.1) is 0 Å². The minimum absolute atomic E-state index is 0.00239. The van der Waals surface area contributed by atoms with Crippen molar-refractivity contribution in [1.82, 2.24) is 5.32 Å². The molecule has 1 amide bonds. The quantitative estimate of drug-likeness (QED) is 0.760. The van der Waals surface area contributed by atoms with Gasteiger partial charge < -0.3 is 10.1 Å². The molecule has 148 valence electrons. The van der Waals surface area contributed by atoms with E-state index in [2.05, 4.69) is 17.2 Å². The van der Waals surface area contributed by atoms with Crippen molar-refractivity contribution in [2.45, 2.75) is 45.8 Å². The van der Waals surface area contributed by atoms with Gasteiger partial charge in [0.15, 0.2) is 0 Å². The normalized spacial score (nSPS) is 17.6. The van der Waals surface area contributed by atoms with Gasteiger partial charge in [-0.1, -0.05) is 37.0 Å². The molecular formula is C24H28FNO2. The third-order valence-corrected chi connectivity index (χ3v) is 5.14. The van der Waals surface area contributed by atoms with E-state index in [0.29, 0.717) is 11.1 Å². The predicted octanol–water partition coefficient (Wildman–Crippen LogP) is 4.56. The topological polar surface area (TPSA) is 38.3 Å². The Labute approximate surface area is 167 Å². The molecular weight excluding hydrogens is 353 g/mol. The first-order chi connectivity index (χ1) is 13.3. The number of halogens is 1. The number of carbonyl (C=O) groups is 1. The van der Waals surface area contributed by atoms with Crippen LogP contribution >= 0.6 is 0 Å². The van der Waals surface area contributed by atoms with Crippen LogP contribution in [0.4, 0.5) is 4.39 Å². The second-order valence-corrected chi connectivity index (χ2v) is 7.38. The summed E-state index contributed by atoms with van der Waals surface area (Å²) in [5.41, 5.74) is 1.62. The summed E-state index contributed by atoms with van der Waals surface area (Å²) in [6.07, 6.45) is 8.37. The van der Waals surface area contributed by atoms with Gasteiger partial charge >= 0.3 is 0 Å². The summed E-state index contributed by atoms with van der Waals surface area (Å²) in [6, 6.07) is 6.04. The third kappa shape index (κ3) is 5.68. The minimum Gasteiger partial charge on any atom is -0.377 e. The van der Waals surface area contributed by atoms with Crippen LogP contribution < -0.4 is 5.32 Å². The van der Waals surface area contributed by atoms with E-state index in [9.17, 15) is 9.18 Å². The van der Waals surface area contributed by atoms with Gasteiger partial charge in [0, 0.05) is 29.7 Å². The minimum atomic E-state index is -0.462. The average Bonchev–Trinajstić information content (AvgIpc) is 2.88. The Bertz CT molecular complexity index is 868. The van der Waals surface area contributed by atoms with Crippen LogP contribution in [0.15, 0.2) is 59.7 Å². The summed E-state index contributed by atoms with van der Waals surface area (Å²) in [7, 11) is 1.64. The lowest BCUT2D eigenvalue weighted by Gasteiger charge is -2.31. The van der Waals surface area contributed by atoms with E-state index in [-0.39, 0.29) is 23.7 Å². The Morgan fingerprint density at radius 1 is 1.32 bits per heavy atom. The van der Waals surface area contributed by atoms with Crippen LogP contribution in [0.5, 0.6) is 0 Å². The molecule has 0 spiro atoms. The van der Waals surface area contributed by atoms with Crippen LogP contribution in [0.3, 0.4) is 0 Å². The molecule has 0 saturated carbocycles. The van der Waals surface area contributed by atoms with Crippen LogP contribution in [-0.4, -0.2) is 24.7 Å². The maximum atomic E-state index is 13.3. The highest BCUT2D eigenvalue weighted by Gasteiger charge is 2.28. The lowest BCUT2D eigenvalue weighted by atomic mass is 9.94. The highest BCUT2D eigenvalue weighted by Crippen LogP contribution is 2.23. The zero-order chi connectivity index (χ0) is 20.7. The molecule has 1 aliphatic rings. The molecule has 1 aromatic rings. The molecule has 1 aliphatic carbocycles. The molecule has 2 atom stereocenters. The summed E-state index contributed by atoms with van der Waals surface area (Å²) >= 11 is 0. The maximum Gasteiger partial charge on any atom is 0.248 e. The molecule has 4 heteroatoms. The maximum absolute atomic E-state index is 13.3. The zero-order valence-electron chi connectivity index (χ0n) is 17.2. The standard InChI is InChI=1S/C24H28FNO2/c1-6-20-14-12-18(10-11-19-8-7-9-21(25)16-19)13-15-22(20)23(27)26-17(2)24(3,4)28-5/h7-9,12-17,20H,6H2,1-5H3,(H,26,27). The van der Waals surface area contributed by atoms with Crippen molar-refractivity contribution in [1.29, 1.82) is 0 Å². The van der Waals surface area contributed by atoms with E-state index in [1.165, 1.54) is 12.1 Å². The van der Waals surface area contributed by atoms with Crippen LogP contribution in [0.1, 0.15) is 39.7 Å². The zero-order valence-corrected chi connectivity index (χ0v) is 17.2. The van der Waals surface area contributed by atoms with Gasteiger partial charge in [0.1, 0.15) is 5.82 Å². The Balaban J connectivity index is 2.23. The van der Waals surface area contributed by atoms with Crippen molar-refractivity contribution in [3.05, 3.63) is 71.1 Å². The number of methoxy groups -OCH3 is 1. The molecule has 3 nitrogen and oxygen atoms in total. The van der Waals surface area contributed by atoms with E-state index in [4.69, 9.17) is 4.74 Å². The van der Waals surface area contributed by atoms with E-state index >= 15 is 0 Å². The number of amides is 1. The number of hydrogen-bond donors (Lipinski definition) is 1. The predicted molar refractivity (Wildman–Crippen MR) is 111 cm³/mol. The van der Waals surface area contributed by atoms with Crippen molar-refractivity contribution in [3.63, 3.8) is 0 Å². The molecule has 0 aromatic heterocycles. The Hall–Kier alpha value is -2.64. The highest BCUT2D eigenvalue weighted by atomic mass is 19.1. The van der Waals surface area contributed by atoms with Crippen molar-refractivity contribution in [2.75, 3.05) is 7.11 Å². The summed E-state index contributed by atoms with van der Waals surface area (Å²) in [5.74, 6) is 5.59. The van der Waals surface area contributed by atoms with Gasteiger partial charge in [-0.3, -0.25) is 4.79 Å². The number of allylic oxidation sites excluding steroid dienone is 5. The molecule has 2 unspecified atom stereocenters. The first-order valence-electron chi connectivity index (χ1n) is 9.50. The van der Waals surface area contributed by atoms with Crippen LogP contribution in [0.2, 0.25) is 0 Å². The lowest BCUT2D eigenvalue weighted by molar-refractivity contribution is -0.120. The fourth-order valence-corrected chi connectivity index (χ4v) is 2.71. The fourth-order valence-electron chi connectivity index (χ4n) is 2.71. The van der Waals surface area contributed by atoms with E-state index in [1.54, 1.807) is 19.2 Å². The molecule has 0 fully saturated rings. The number of rotatable bonds is 5. The van der Waals surface area contributed by atoms with Crippen LogP contribution in [0.25, 0.3) is 0 Å². The molecule has 28 heavy (non-hydrogen) atoms.